The third-order valence-electron chi connectivity index (χ3n) is 3.90. The summed E-state index contributed by atoms with van der Waals surface area (Å²) < 4.78 is 0. The first-order valence-electron chi connectivity index (χ1n) is 7.11. The Bertz CT molecular complexity index is 548. The summed E-state index contributed by atoms with van der Waals surface area (Å²) in [6.07, 6.45) is 4.58. The van der Waals surface area contributed by atoms with Gasteiger partial charge in [0, 0.05) is 18.7 Å². The molecule has 0 aliphatic heterocycles. The van der Waals surface area contributed by atoms with Gasteiger partial charge in [-0.15, -0.1) is 0 Å². The Morgan fingerprint density at radius 2 is 2.10 bits per heavy atom. The first-order chi connectivity index (χ1) is 9.63. The number of nitrogens with zero attached hydrogens (tertiary/aromatic N) is 1. The average molecular weight is 271 g/mol. The van der Waals surface area contributed by atoms with Crippen molar-refractivity contribution in [2.45, 2.75) is 38.6 Å². The smallest absolute Gasteiger partial charge is 0.255 e. The molecule has 3 heteroatoms. The maximum atomic E-state index is 12.6. The Kier molecular flexibility index (Phi) is 4.81. The van der Waals surface area contributed by atoms with E-state index in [1.165, 1.54) is 12.8 Å². The molecule has 0 heterocycles. The molecule has 0 spiro atoms. The lowest BCUT2D eigenvalue weighted by molar-refractivity contribution is 0.0735. The Morgan fingerprint density at radius 1 is 1.40 bits per heavy atom. The normalized spacial score (nSPS) is 14.8. The van der Waals surface area contributed by atoms with Gasteiger partial charge < -0.3 is 10.0 Å². The van der Waals surface area contributed by atoms with Gasteiger partial charge in [0.1, 0.15) is 6.61 Å². The molecule has 20 heavy (non-hydrogen) atoms. The van der Waals surface area contributed by atoms with Crippen LogP contribution in [0, 0.1) is 18.8 Å². The summed E-state index contributed by atoms with van der Waals surface area (Å²) in [5.74, 6) is 5.54. The van der Waals surface area contributed by atoms with E-state index >= 15 is 0 Å². The van der Waals surface area contributed by atoms with Crippen molar-refractivity contribution < 1.29 is 9.90 Å². The van der Waals surface area contributed by atoms with Gasteiger partial charge in [-0.3, -0.25) is 4.79 Å². The minimum Gasteiger partial charge on any atom is -0.384 e. The first-order valence-corrected chi connectivity index (χ1v) is 7.11. The van der Waals surface area contributed by atoms with E-state index in [-0.39, 0.29) is 12.5 Å². The van der Waals surface area contributed by atoms with Gasteiger partial charge in [-0.25, -0.2) is 0 Å². The van der Waals surface area contributed by atoms with E-state index in [1.54, 1.807) is 0 Å². The Hall–Kier alpha value is -1.79. The largest absolute Gasteiger partial charge is 0.384 e. The fraction of sp³-hybridized carbons (Fsp3) is 0.471. The number of carbonyl (C=O) groups excluding carboxylic acids is 1. The second-order valence-corrected chi connectivity index (χ2v) is 5.36. The van der Waals surface area contributed by atoms with Gasteiger partial charge >= 0.3 is 0 Å². The summed E-state index contributed by atoms with van der Waals surface area (Å²) in [6.45, 7) is 1.78. The molecule has 1 aliphatic carbocycles. The molecule has 0 saturated heterocycles. The standard InChI is InChI=1S/C17H21NO2/c1-13-9-10-16(14(12-13)6-5-11-19)17(20)18(2)15-7-3-4-8-15/h9-10,12,15,19H,3-4,7-8,11H2,1-2H3. The Balaban J connectivity index is 2.28. The van der Waals surface area contributed by atoms with Gasteiger partial charge in [0.2, 0.25) is 0 Å². The number of benzene rings is 1. The van der Waals surface area contributed by atoms with Crippen LogP contribution < -0.4 is 0 Å². The molecular weight excluding hydrogens is 250 g/mol. The minimum atomic E-state index is -0.194. The molecule has 106 valence electrons. The van der Waals surface area contributed by atoms with Crippen molar-refractivity contribution in [2.75, 3.05) is 13.7 Å². The van der Waals surface area contributed by atoms with Crippen LogP contribution in [0.5, 0.6) is 0 Å². The zero-order valence-electron chi connectivity index (χ0n) is 12.1. The molecule has 1 aromatic carbocycles. The minimum absolute atomic E-state index is 0.0270. The summed E-state index contributed by atoms with van der Waals surface area (Å²) in [5.41, 5.74) is 2.40. The lowest BCUT2D eigenvalue weighted by Gasteiger charge is -2.25. The zero-order valence-corrected chi connectivity index (χ0v) is 12.1. The van der Waals surface area contributed by atoms with Crippen molar-refractivity contribution in [3.05, 3.63) is 34.9 Å². The average Bonchev–Trinajstić information content (AvgIpc) is 2.97. The van der Waals surface area contributed by atoms with Crippen molar-refractivity contribution in [3.63, 3.8) is 0 Å². The van der Waals surface area contributed by atoms with Crippen LogP contribution in [0.1, 0.15) is 47.2 Å². The molecule has 2 rings (SSSR count). The molecule has 1 N–H and O–H groups in total. The summed E-state index contributed by atoms with van der Waals surface area (Å²) in [6, 6.07) is 6.02. The monoisotopic (exact) mass is 271 g/mol. The number of aliphatic hydroxyl groups is 1. The van der Waals surface area contributed by atoms with Crippen LogP contribution in [0.25, 0.3) is 0 Å². The molecule has 0 atom stereocenters. The molecule has 0 radical (unpaired) electrons. The van der Waals surface area contributed by atoms with Gasteiger partial charge in [-0.1, -0.05) is 30.7 Å². The molecule has 0 aromatic heterocycles. The number of carbonyl (C=O) groups is 1. The highest BCUT2D eigenvalue weighted by molar-refractivity contribution is 5.97. The number of hydrogen-bond acceptors (Lipinski definition) is 2. The molecule has 1 amide bonds. The highest BCUT2D eigenvalue weighted by atomic mass is 16.2. The van der Waals surface area contributed by atoms with Gasteiger partial charge in [0.05, 0.1) is 5.56 Å². The molecule has 1 saturated carbocycles. The predicted octanol–water partition coefficient (Wildman–Crippen LogP) is 2.35. The molecule has 1 fully saturated rings. The number of rotatable bonds is 2. The highest BCUT2D eigenvalue weighted by Gasteiger charge is 2.25. The fourth-order valence-corrected chi connectivity index (χ4v) is 2.73. The molecule has 1 aliphatic rings. The lowest BCUT2D eigenvalue weighted by atomic mass is 10.0. The van der Waals surface area contributed by atoms with Crippen LogP contribution in [-0.4, -0.2) is 35.6 Å². The number of amides is 1. The molecule has 3 nitrogen and oxygen atoms in total. The van der Waals surface area contributed by atoms with E-state index in [0.717, 1.165) is 18.4 Å². The number of aryl methyl sites for hydroxylation is 1. The van der Waals surface area contributed by atoms with E-state index in [2.05, 4.69) is 11.8 Å². The van der Waals surface area contributed by atoms with Gasteiger partial charge in [-0.2, -0.15) is 0 Å². The van der Waals surface area contributed by atoms with Crippen LogP contribution in [0.15, 0.2) is 18.2 Å². The van der Waals surface area contributed by atoms with Gasteiger partial charge in [0.25, 0.3) is 5.91 Å². The Morgan fingerprint density at radius 3 is 2.75 bits per heavy atom. The topological polar surface area (TPSA) is 40.5 Å². The summed E-state index contributed by atoms with van der Waals surface area (Å²) in [4.78, 5) is 14.5. The van der Waals surface area contributed by atoms with Gasteiger partial charge in [0.15, 0.2) is 0 Å². The maximum Gasteiger partial charge on any atom is 0.255 e. The zero-order chi connectivity index (χ0) is 14.5. The molecule has 1 aromatic rings. The number of hydrogen-bond donors (Lipinski definition) is 1. The highest BCUT2D eigenvalue weighted by Crippen LogP contribution is 2.24. The second kappa shape index (κ2) is 6.58. The molecule has 0 unspecified atom stereocenters. The Labute approximate surface area is 120 Å². The van der Waals surface area contributed by atoms with Crippen molar-refractivity contribution >= 4 is 5.91 Å². The van der Waals surface area contributed by atoms with E-state index in [0.29, 0.717) is 17.2 Å². The quantitative estimate of drug-likeness (QED) is 0.839. The van der Waals surface area contributed by atoms with Crippen molar-refractivity contribution in [3.8, 4) is 11.8 Å². The van der Waals surface area contributed by atoms with E-state index in [9.17, 15) is 4.79 Å². The lowest BCUT2D eigenvalue weighted by Crippen LogP contribution is -2.35. The maximum absolute atomic E-state index is 12.6. The molecule has 0 bridgehead atoms. The second-order valence-electron chi connectivity index (χ2n) is 5.36. The predicted molar refractivity (Wildman–Crippen MR) is 79.5 cm³/mol. The van der Waals surface area contributed by atoms with Crippen LogP contribution in [-0.2, 0) is 0 Å². The van der Waals surface area contributed by atoms with E-state index in [4.69, 9.17) is 5.11 Å². The third-order valence-corrected chi connectivity index (χ3v) is 3.90. The van der Waals surface area contributed by atoms with Crippen LogP contribution >= 0.6 is 0 Å². The summed E-state index contributed by atoms with van der Waals surface area (Å²) in [7, 11) is 1.88. The number of aliphatic hydroxyl groups excluding tert-OH is 1. The van der Waals surface area contributed by atoms with Gasteiger partial charge in [-0.05, 0) is 37.5 Å². The fourth-order valence-electron chi connectivity index (χ4n) is 2.73. The summed E-state index contributed by atoms with van der Waals surface area (Å²) in [5, 5.41) is 8.84. The SMILES string of the molecule is Cc1ccc(C(=O)N(C)C2CCCC2)c(C#CCO)c1. The van der Waals surface area contributed by atoms with Crippen LogP contribution in [0.4, 0.5) is 0 Å². The van der Waals surface area contributed by atoms with Crippen LogP contribution in [0.2, 0.25) is 0 Å². The van der Waals surface area contributed by atoms with Crippen LogP contribution in [0.3, 0.4) is 0 Å². The van der Waals surface area contributed by atoms with Crippen molar-refractivity contribution in [1.29, 1.82) is 0 Å². The first kappa shape index (κ1) is 14.6. The third kappa shape index (κ3) is 3.20. The van der Waals surface area contributed by atoms with Crippen molar-refractivity contribution in [2.24, 2.45) is 0 Å². The summed E-state index contributed by atoms with van der Waals surface area (Å²) >= 11 is 0. The molecular formula is C17H21NO2. The van der Waals surface area contributed by atoms with Crippen molar-refractivity contribution in [1.82, 2.24) is 4.90 Å². The van der Waals surface area contributed by atoms with E-state index < -0.39 is 0 Å². The van der Waals surface area contributed by atoms with E-state index in [1.807, 2.05) is 37.1 Å².